The molecule has 0 spiro atoms. The molecule has 194 valence electrons. The first-order chi connectivity index (χ1) is 15.7. The molecule has 0 fully saturated rings. The van der Waals surface area contributed by atoms with Crippen molar-refractivity contribution >= 4 is 11.8 Å². The van der Waals surface area contributed by atoms with Crippen molar-refractivity contribution < 1.29 is 44.7 Å². The maximum Gasteiger partial charge on any atom is 0.392 e. The van der Waals surface area contributed by atoms with Gasteiger partial charge in [0.1, 0.15) is 0 Å². The van der Waals surface area contributed by atoms with Crippen LogP contribution in [0.1, 0.15) is 64.2 Å². The van der Waals surface area contributed by atoms with Crippen molar-refractivity contribution in [1.82, 2.24) is 10.6 Å². The third kappa shape index (κ3) is 5.91. The highest BCUT2D eigenvalue weighted by molar-refractivity contribution is 5.87. The number of alkyl halides is 8. The molecule has 0 aromatic rings. The lowest BCUT2D eigenvalue weighted by molar-refractivity contribution is -0.347. The number of carbonyl (C=O) groups is 2. The molecular formula is C22H28F8N2O2. The van der Waals surface area contributed by atoms with Crippen LogP contribution in [0.2, 0.25) is 0 Å². The van der Waals surface area contributed by atoms with Gasteiger partial charge in [0.15, 0.2) is 0 Å². The first kappa shape index (κ1) is 28.1. The number of hydrogen-bond acceptors (Lipinski definition) is 2. The van der Waals surface area contributed by atoms with Crippen molar-refractivity contribution in [1.29, 1.82) is 0 Å². The Morgan fingerprint density at radius 1 is 0.647 bits per heavy atom. The minimum absolute atomic E-state index is 0.0266. The molecular weight excluding hydrogens is 476 g/mol. The van der Waals surface area contributed by atoms with Crippen molar-refractivity contribution in [3.05, 3.63) is 23.3 Å². The number of hydrogen-bond donors (Lipinski definition) is 2. The smallest absolute Gasteiger partial charge is 0.350 e. The molecule has 0 heterocycles. The lowest BCUT2D eigenvalue weighted by Gasteiger charge is -2.35. The van der Waals surface area contributed by atoms with Gasteiger partial charge in [-0.05, 0) is 64.2 Å². The van der Waals surface area contributed by atoms with E-state index < -0.39 is 48.6 Å². The summed E-state index contributed by atoms with van der Waals surface area (Å²) in [6, 6.07) is 0. The molecule has 0 radical (unpaired) electrons. The van der Waals surface area contributed by atoms with Crippen LogP contribution in [-0.4, -0.2) is 48.6 Å². The fraction of sp³-hybridized carbons (Fsp3) is 0.727. The summed E-state index contributed by atoms with van der Waals surface area (Å²) >= 11 is 0. The lowest BCUT2D eigenvalue weighted by Crippen LogP contribution is -2.69. The molecule has 12 heteroatoms. The molecule has 2 aliphatic carbocycles. The molecule has 0 bridgehead atoms. The van der Waals surface area contributed by atoms with E-state index in [2.05, 4.69) is 0 Å². The highest BCUT2D eigenvalue weighted by Crippen LogP contribution is 2.52. The Balaban J connectivity index is 2.02. The second-order valence-electron chi connectivity index (χ2n) is 8.53. The van der Waals surface area contributed by atoms with Gasteiger partial charge in [-0.1, -0.05) is 23.3 Å². The summed E-state index contributed by atoms with van der Waals surface area (Å²) in [4.78, 5) is 23.2. The Labute approximate surface area is 192 Å². The fourth-order valence-corrected chi connectivity index (χ4v) is 3.84. The van der Waals surface area contributed by atoms with Crippen LogP contribution >= 0.6 is 0 Å². The van der Waals surface area contributed by atoms with Gasteiger partial charge < -0.3 is 10.6 Å². The van der Waals surface area contributed by atoms with E-state index in [0.29, 0.717) is 12.8 Å². The second kappa shape index (κ2) is 11.1. The minimum atomic E-state index is -6.85. The van der Waals surface area contributed by atoms with Crippen LogP contribution in [-0.2, 0) is 9.59 Å². The average Bonchev–Trinajstić information content (AvgIpc) is 2.79. The monoisotopic (exact) mass is 504 g/mol. The molecule has 2 aliphatic rings. The van der Waals surface area contributed by atoms with E-state index in [0.717, 1.165) is 49.7 Å². The lowest BCUT2D eigenvalue weighted by atomic mass is 9.96. The summed E-state index contributed by atoms with van der Waals surface area (Å²) in [7, 11) is 0. The van der Waals surface area contributed by atoms with Crippen molar-refractivity contribution in [2.45, 2.75) is 87.9 Å². The summed E-state index contributed by atoms with van der Waals surface area (Å²) in [6.07, 6.45) is 9.75. The summed E-state index contributed by atoms with van der Waals surface area (Å²) in [6.45, 7) is -1.12. The molecule has 0 atom stereocenters. The van der Waals surface area contributed by atoms with Crippen LogP contribution in [0.15, 0.2) is 23.3 Å². The van der Waals surface area contributed by atoms with E-state index in [1.54, 1.807) is 12.2 Å². The first-order valence-electron chi connectivity index (χ1n) is 11.2. The zero-order valence-corrected chi connectivity index (χ0v) is 18.5. The Morgan fingerprint density at radius 3 is 1.29 bits per heavy atom. The SMILES string of the molecule is O=C(NCCC1=CCCCC1)C(F)(F)C(F)(F)C(F)(F)C(F)(F)C(=O)NCCC1=CCCCC1. The van der Waals surface area contributed by atoms with Crippen LogP contribution in [0.3, 0.4) is 0 Å². The molecule has 0 saturated heterocycles. The van der Waals surface area contributed by atoms with Gasteiger partial charge in [-0.25, -0.2) is 0 Å². The van der Waals surface area contributed by atoms with Crippen molar-refractivity contribution in [2.75, 3.05) is 13.1 Å². The first-order valence-corrected chi connectivity index (χ1v) is 11.2. The van der Waals surface area contributed by atoms with Crippen LogP contribution in [0.5, 0.6) is 0 Å². The third-order valence-electron chi connectivity index (χ3n) is 5.99. The van der Waals surface area contributed by atoms with E-state index in [1.165, 1.54) is 10.6 Å². The van der Waals surface area contributed by atoms with E-state index in [9.17, 15) is 44.7 Å². The van der Waals surface area contributed by atoms with Gasteiger partial charge in [0.2, 0.25) is 0 Å². The average molecular weight is 504 g/mol. The van der Waals surface area contributed by atoms with Crippen molar-refractivity contribution in [2.24, 2.45) is 0 Å². The zero-order chi connectivity index (χ0) is 25.6. The quantitative estimate of drug-likeness (QED) is 0.287. The van der Waals surface area contributed by atoms with E-state index in [-0.39, 0.29) is 12.8 Å². The number of nitrogens with one attached hydrogen (secondary N) is 2. The molecule has 0 aliphatic heterocycles. The molecule has 0 aromatic carbocycles. The normalized spacial score (nSPS) is 18.1. The highest BCUT2D eigenvalue weighted by Gasteiger charge is 2.84. The van der Waals surface area contributed by atoms with Crippen LogP contribution in [0, 0.1) is 0 Å². The molecule has 0 aromatic heterocycles. The predicted octanol–water partition coefficient (Wildman–Crippen LogP) is 5.54. The van der Waals surface area contributed by atoms with Crippen molar-refractivity contribution in [3.8, 4) is 0 Å². The molecule has 2 rings (SSSR count). The number of allylic oxidation sites excluding steroid dienone is 2. The summed E-state index contributed by atoms with van der Waals surface area (Å²) in [5.41, 5.74) is 1.55. The highest BCUT2D eigenvalue weighted by atomic mass is 19.4. The number of amides is 2. The number of rotatable bonds is 11. The van der Waals surface area contributed by atoms with Crippen LogP contribution in [0.25, 0.3) is 0 Å². The number of carbonyl (C=O) groups excluding carboxylic acids is 2. The topological polar surface area (TPSA) is 58.2 Å². The van der Waals surface area contributed by atoms with Gasteiger partial charge in [-0.3, -0.25) is 9.59 Å². The van der Waals surface area contributed by atoms with Gasteiger partial charge >= 0.3 is 23.7 Å². The van der Waals surface area contributed by atoms with Gasteiger partial charge in [-0.2, -0.15) is 35.1 Å². The Bertz CT molecular complexity index is 743. The Kier molecular flexibility index (Phi) is 9.15. The minimum Gasteiger partial charge on any atom is -0.350 e. The van der Waals surface area contributed by atoms with Gasteiger partial charge in [0.05, 0.1) is 0 Å². The molecule has 0 unspecified atom stereocenters. The van der Waals surface area contributed by atoms with Gasteiger partial charge in [0.25, 0.3) is 11.8 Å². The zero-order valence-electron chi connectivity index (χ0n) is 18.5. The standard InChI is InChI=1S/C22H28F8N2O2/c23-19(24,17(33)31-13-11-15-7-3-1-4-8-15)21(27,28)22(29,30)20(25,26)18(34)32-14-12-16-9-5-2-6-10-16/h7,9H,1-6,8,10-14H2,(H,31,33)(H,32,34). The van der Waals surface area contributed by atoms with Crippen molar-refractivity contribution in [3.63, 3.8) is 0 Å². The van der Waals surface area contributed by atoms with Crippen LogP contribution < -0.4 is 10.6 Å². The summed E-state index contributed by atoms with van der Waals surface area (Å²) < 4.78 is 112. The van der Waals surface area contributed by atoms with Gasteiger partial charge in [-0.15, -0.1) is 0 Å². The molecule has 4 nitrogen and oxygen atoms in total. The maximum absolute atomic E-state index is 14.0. The Hall–Kier alpha value is -2.14. The molecule has 0 saturated carbocycles. The summed E-state index contributed by atoms with van der Waals surface area (Å²) in [5.74, 6) is -31.7. The summed E-state index contributed by atoms with van der Waals surface area (Å²) in [5, 5.41) is 2.81. The van der Waals surface area contributed by atoms with Crippen LogP contribution in [0.4, 0.5) is 35.1 Å². The Morgan fingerprint density at radius 2 is 1.00 bits per heavy atom. The molecule has 2 N–H and O–H groups in total. The predicted molar refractivity (Wildman–Crippen MR) is 108 cm³/mol. The molecule has 34 heavy (non-hydrogen) atoms. The molecule has 2 amide bonds. The maximum atomic E-state index is 14.0. The van der Waals surface area contributed by atoms with E-state index in [4.69, 9.17) is 0 Å². The van der Waals surface area contributed by atoms with Gasteiger partial charge in [0, 0.05) is 13.1 Å². The van der Waals surface area contributed by atoms with E-state index >= 15 is 0 Å². The third-order valence-corrected chi connectivity index (χ3v) is 5.99. The second-order valence-corrected chi connectivity index (χ2v) is 8.53. The number of halogens is 8. The van der Waals surface area contributed by atoms with E-state index in [1.807, 2.05) is 0 Å². The fourth-order valence-electron chi connectivity index (χ4n) is 3.84. The largest absolute Gasteiger partial charge is 0.392 e.